The largest absolute Gasteiger partial charge is 0.462 e. The van der Waals surface area contributed by atoms with E-state index in [0.29, 0.717) is 23.3 Å². The lowest BCUT2D eigenvalue weighted by Crippen LogP contribution is -2.40. The van der Waals surface area contributed by atoms with Gasteiger partial charge in [0.15, 0.2) is 5.11 Å². The molecule has 2 saturated carbocycles. The molecule has 3 atom stereocenters. The summed E-state index contributed by atoms with van der Waals surface area (Å²) in [4.78, 5) is 12.0. The third kappa shape index (κ3) is 3.50. The Kier molecular flexibility index (Phi) is 4.85. The van der Waals surface area contributed by atoms with Crippen molar-refractivity contribution in [1.29, 1.82) is 0 Å². The third-order valence-corrected chi connectivity index (χ3v) is 5.35. The Balaban J connectivity index is 1.64. The highest BCUT2D eigenvalue weighted by molar-refractivity contribution is 7.80. The fourth-order valence-corrected chi connectivity index (χ4v) is 4.21. The SMILES string of the molecule is CCOC(=O)c1cccc(NC(=S)N[C@@H]2C[C@H]3CC[C@@H]2C3)c1C. The molecule has 1 aromatic carbocycles. The molecular formula is C18H24N2O2S. The maximum atomic E-state index is 12.0. The van der Waals surface area contributed by atoms with Crippen LogP contribution in [0.5, 0.6) is 0 Å². The normalized spacial score (nSPS) is 25.2. The molecule has 0 spiro atoms. The molecule has 2 bridgehead atoms. The van der Waals surface area contributed by atoms with Gasteiger partial charge in [-0.1, -0.05) is 12.5 Å². The van der Waals surface area contributed by atoms with Crippen LogP contribution in [0.2, 0.25) is 0 Å². The van der Waals surface area contributed by atoms with Gasteiger partial charge in [-0.15, -0.1) is 0 Å². The van der Waals surface area contributed by atoms with E-state index in [9.17, 15) is 4.79 Å². The molecule has 0 heterocycles. The van der Waals surface area contributed by atoms with E-state index in [-0.39, 0.29) is 5.97 Å². The van der Waals surface area contributed by atoms with E-state index in [0.717, 1.165) is 23.1 Å². The van der Waals surface area contributed by atoms with Gasteiger partial charge in [0, 0.05) is 11.7 Å². The molecule has 2 N–H and O–H groups in total. The number of nitrogens with one attached hydrogen (secondary N) is 2. The van der Waals surface area contributed by atoms with Crippen molar-refractivity contribution in [1.82, 2.24) is 5.32 Å². The summed E-state index contributed by atoms with van der Waals surface area (Å²) in [6.07, 6.45) is 5.28. The summed E-state index contributed by atoms with van der Waals surface area (Å²) in [5.41, 5.74) is 2.30. The van der Waals surface area contributed by atoms with Crippen LogP contribution in [0.25, 0.3) is 0 Å². The Morgan fingerprint density at radius 2 is 2.17 bits per heavy atom. The van der Waals surface area contributed by atoms with E-state index < -0.39 is 0 Å². The zero-order chi connectivity index (χ0) is 16.4. The van der Waals surface area contributed by atoms with E-state index >= 15 is 0 Å². The average Bonchev–Trinajstić information content (AvgIpc) is 3.12. The Morgan fingerprint density at radius 1 is 1.35 bits per heavy atom. The molecule has 124 valence electrons. The van der Waals surface area contributed by atoms with E-state index in [1.807, 2.05) is 26.0 Å². The minimum atomic E-state index is -0.291. The zero-order valence-corrected chi connectivity index (χ0v) is 14.5. The number of rotatable bonds is 4. The smallest absolute Gasteiger partial charge is 0.338 e. The molecule has 0 amide bonds. The van der Waals surface area contributed by atoms with Crippen LogP contribution in [-0.4, -0.2) is 23.7 Å². The van der Waals surface area contributed by atoms with E-state index in [1.165, 1.54) is 25.7 Å². The molecule has 0 aliphatic heterocycles. The quantitative estimate of drug-likeness (QED) is 0.651. The van der Waals surface area contributed by atoms with Crippen LogP contribution >= 0.6 is 12.2 Å². The van der Waals surface area contributed by atoms with Gasteiger partial charge in [-0.25, -0.2) is 4.79 Å². The molecule has 23 heavy (non-hydrogen) atoms. The summed E-state index contributed by atoms with van der Waals surface area (Å²) in [6.45, 7) is 4.10. The van der Waals surface area contributed by atoms with Gasteiger partial charge in [-0.2, -0.15) is 0 Å². The van der Waals surface area contributed by atoms with Crippen LogP contribution in [0.15, 0.2) is 18.2 Å². The topological polar surface area (TPSA) is 50.4 Å². The predicted octanol–water partition coefficient (Wildman–Crippen LogP) is 3.65. The van der Waals surface area contributed by atoms with Crippen LogP contribution in [0.4, 0.5) is 5.69 Å². The first-order valence-corrected chi connectivity index (χ1v) is 8.83. The minimum Gasteiger partial charge on any atom is -0.462 e. The molecule has 0 saturated heterocycles. The maximum absolute atomic E-state index is 12.0. The van der Waals surface area contributed by atoms with Gasteiger partial charge < -0.3 is 15.4 Å². The van der Waals surface area contributed by atoms with Crippen molar-refractivity contribution < 1.29 is 9.53 Å². The number of hydrogen-bond donors (Lipinski definition) is 2. The van der Waals surface area contributed by atoms with Gasteiger partial charge in [0.05, 0.1) is 12.2 Å². The second-order valence-corrected chi connectivity index (χ2v) is 6.99. The monoisotopic (exact) mass is 332 g/mol. The van der Waals surface area contributed by atoms with Crippen molar-refractivity contribution in [2.45, 2.75) is 45.6 Å². The molecule has 2 fully saturated rings. The number of fused-ring (bicyclic) bond motifs is 2. The highest BCUT2D eigenvalue weighted by Gasteiger charge is 2.39. The predicted molar refractivity (Wildman–Crippen MR) is 95.7 cm³/mol. The lowest BCUT2D eigenvalue weighted by Gasteiger charge is -2.25. The lowest BCUT2D eigenvalue weighted by molar-refractivity contribution is 0.0525. The standard InChI is InChI=1S/C18H24N2O2S/c1-3-22-17(21)14-5-4-6-15(11(14)2)19-18(23)20-16-10-12-7-8-13(16)9-12/h4-6,12-13,16H,3,7-10H2,1-2H3,(H2,19,20,23)/t12-,13+,16+/m0/s1. The molecule has 0 radical (unpaired) electrons. The first kappa shape index (κ1) is 16.2. The van der Waals surface area contributed by atoms with Gasteiger partial charge in [0.25, 0.3) is 0 Å². The van der Waals surface area contributed by atoms with Gasteiger partial charge in [0.2, 0.25) is 0 Å². The van der Waals surface area contributed by atoms with Crippen LogP contribution in [0.3, 0.4) is 0 Å². The summed E-state index contributed by atoms with van der Waals surface area (Å²) in [5.74, 6) is 1.36. The number of hydrogen-bond acceptors (Lipinski definition) is 3. The van der Waals surface area contributed by atoms with Crippen molar-refractivity contribution in [2.24, 2.45) is 11.8 Å². The fourth-order valence-electron chi connectivity index (χ4n) is 3.95. The molecule has 1 aromatic rings. The van der Waals surface area contributed by atoms with E-state index in [1.54, 1.807) is 6.07 Å². The van der Waals surface area contributed by atoms with Crippen LogP contribution < -0.4 is 10.6 Å². The summed E-state index contributed by atoms with van der Waals surface area (Å²) in [7, 11) is 0. The Morgan fingerprint density at radius 3 is 2.83 bits per heavy atom. The van der Waals surface area contributed by atoms with Crippen LogP contribution in [-0.2, 0) is 4.74 Å². The van der Waals surface area contributed by atoms with Crippen molar-refractivity contribution in [3.05, 3.63) is 29.3 Å². The van der Waals surface area contributed by atoms with Crippen molar-refractivity contribution in [3.63, 3.8) is 0 Å². The third-order valence-electron chi connectivity index (χ3n) is 5.13. The van der Waals surface area contributed by atoms with Gasteiger partial charge in [0.1, 0.15) is 0 Å². The van der Waals surface area contributed by atoms with Crippen molar-refractivity contribution >= 4 is 29.0 Å². The molecule has 5 heteroatoms. The molecule has 2 aliphatic rings. The second-order valence-electron chi connectivity index (χ2n) is 6.58. The van der Waals surface area contributed by atoms with Crippen molar-refractivity contribution in [2.75, 3.05) is 11.9 Å². The fraction of sp³-hybridized carbons (Fsp3) is 0.556. The first-order chi connectivity index (χ1) is 11.1. The maximum Gasteiger partial charge on any atom is 0.338 e. The zero-order valence-electron chi connectivity index (χ0n) is 13.7. The lowest BCUT2D eigenvalue weighted by atomic mass is 9.95. The minimum absolute atomic E-state index is 0.291. The van der Waals surface area contributed by atoms with Crippen LogP contribution in [0, 0.1) is 18.8 Å². The van der Waals surface area contributed by atoms with Gasteiger partial charge in [-0.3, -0.25) is 0 Å². The van der Waals surface area contributed by atoms with Gasteiger partial charge in [-0.05, 0) is 74.9 Å². The highest BCUT2D eigenvalue weighted by atomic mass is 32.1. The number of carbonyl (C=O) groups is 1. The molecular weight excluding hydrogens is 308 g/mol. The molecule has 3 rings (SSSR count). The van der Waals surface area contributed by atoms with E-state index in [4.69, 9.17) is 17.0 Å². The summed E-state index contributed by atoms with van der Waals surface area (Å²) in [5, 5.41) is 7.36. The number of thiocarbonyl (C=S) groups is 1. The van der Waals surface area contributed by atoms with Crippen molar-refractivity contribution in [3.8, 4) is 0 Å². The number of benzene rings is 1. The average molecular weight is 332 g/mol. The Bertz CT molecular complexity index is 617. The molecule has 0 aromatic heterocycles. The van der Waals surface area contributed by atoms with E-state index in [2.05, 4.69) is 10.6 Å². The summed E-state index contributed by atoms with van der Waals surface area (Å²) in [6, 6.07) is 6.07. The molecule has 0 unspecified atom stereocenters. The molecule has 2 aliphatic carbocycles. The number of anilines is 1. The number of carbonyl (C=O) groups excluding carboxylic acids is 1. The summed E-state index contributed by atoms with van der Waals surface area (Å²) >= 11 is 5.47. The highest BCUT2D eigenvalue weighted by Crippen LogP contribution is 2.44. The first-order valence-electron chi connectivity index (χ1n) is 8.42. The van der Waals surface area contributed by atoms with Crippen LogP contribution in [0.1, 0.15) is 48.5 Å². The Hall–Kier alpha value is -1.62. The van der Waals surface area contributed by atoms with Gasteiger partial charge >= 0.3 is 5.97 Å². The molecule has 4 nitrogen and oxygen atoms in total. The summed E-state index contributed by atoms with van der Waals surface area (Å²) < 4.78 is 5.09. The second kappa shape index (κ2) is 6.87. The Labute approximate surface area is 143 Å². The number of ether oxygens (including phenoxy) is 1. The number of esters is 1.